The Bertz CT molecular complexity index is 565. The van der Waals surface area contributed by atoms with E-state index in [0.29, 0.717) is 6.04 Å². The van der Waals surface area contributed by atoms with Gasteiger partial charge in [0.15, 0.2) is 0 Å². The van der Waals surface area contributed by atoms with Crippen LogP contribution in [0.5, 0.6) is 0 Å². The first-order valence-electron chi connectivity index (χ1n) is 7.13. The number of nitrogens with zero attached hydrogens (tertiary/aromatic N) is 3. The van der Waals surface area contributed by atoms with Crippen LogP contribution in [0.25, 0.3) is 10.9 Å². The molecule has 5 heteroatoms. The Labute approximate surface area is 120 Å². The lowest BCUT2D eigenvalue weighted by atomic mass is 10.2. The van der Waals surface area contributed by atoms with Gasteiger partial charge in [-0.15, -0.1) is 0 Å². The molecule has 20 heavy (non-hydrogen) atoms. The summed E-state index contributed by atoms with van der Waals surface area (Å²) < 4.78 is 0. The maximum Gasteiger partial charge on any atom is 0.137 e. The van der Waals surface area contributed by atoms with E-state index in [-0.39, 0.29) is 0 Å². The highest BCUT2D eigenvalue weighted by molar-refractivity contribution is 5.90. The number of rotatable bonds is 6. The fourth-order valence-electron chi connectivity index (χ4n) is 2.34. The van der Waals surface area contributed by atoms with Crippen molar-refractivity contribution in [3.63, 3.8) is 0 Å². The standard InChI is InChI=1S/C15H23N5/c1-4-20(5-2)9-11(3)19-15-13-7-6-12(16)8-14(13)17-10-18-15/h6-8,10-11H,4-5,9,16H2,1-3H3,(H,17,18,19). The molecule has 2 aromatic rings. The highest BCUT2D eigenvalue weighted by Gasteiger charge is 2.10. The zero-order valence-electron chi connectivity index (χ0n) is 12.4. The van der Waals surface area contributed by atoms with Gasteiger partial charge < -0.3 is 16.0 Å². The molecule has 0 saturated carbocycles. The van der Waals surface area contributed by atoms with Crippen LogP contribution in [0, 0.1) is 0 Å². The van der Waals surface area contributed by atoms with Gasteiger partial charge in [-0.25, -0.2) is 9.97 Å². The third kappa shape index (κ3) is 3.36. The van der Waals surface area contributed by atoms with Crippen LogP contribution in [0.15, 0.2) is 24.5 Å². The molecule has 1 unspecified atom stereocenters. The molecule has 0 fully saturated rings. The molecule has 0 aliphatic carbocycles. The highest BCUT2D eigenvalue weighted by Crippen LogP contribution is 2.21. The number of hydrogen-bond acceptors (Lipinski definition) is 5. The smallest absolute Gasteiger partial charge is 0.137 e. The topological polar surface area (TPSA) is 67.1 Å². The van der Waals surface area contributed by atoms with Crippen molar-refractivity contribution < 1.29 is 0 Å². The molecule has 0 saturated heterocycles. The van der Waals surface area contributed by atoms with E-state index in [2.05, 4.69) is 41.0 Å². The maximum absolute atomic E-state index is 5.79. The van der Waals surface area contributed by atoms with E-state index in [1.54, 1.807) is 6.33 Å². The molecule has 0 aliphatic rings. The van der Waals surface area contributed by atoms with Crippen molar-refractivity contribution in [1.82, 2.24) is 14.9 Å². The van der Waals surface area contributed by atoms with Crippen molar-refractivity contribution >= 4 is 22.4 Å². The van der Waals surface area contributed by atoms with Crippen LogP contribution in [-0.4, -0.2) is 40.5 Å². The molecule has 1 heterocycles. The van der Waals surface area contributed by atoms with Crippen LogP contribution in [0.3, 0.4) is 0 Å². The number of anilines is 2. The largest absolute Gasteiger partial charge is 0.399 e. The van der Waals surface area contributed by atoms with Gasteiger partial charge in [0.05, 0.1) is 5.52 Å². The predicted molar refractivity (Wildman–Crippen MR) is 84.8 cm³/mol. The molecule has 0 bridgehead atoms. The fraction of sp³-hybridized carbons (Fsp3) is 0.467. The van der Waals surface area contributed by atoms with Gasteiger partial charge in [-0.2, -0.15) is 0 Å². The molecule has 1 aromatic heterocycles. The van der Waals surface area contributed by atoms with Crippen LogP contribution in [0.1, 0.15) is 20.8 Å². The number of nitrogen functional groups attached to an aromatic ring is 1. The summed E-state index contributed by atoms with van der Waals surface area (Å²) in [6.45, 7) is 9.64. The summed E-state index contributed by atoms with van der Waals surface area (Å²) in [5.41, 5.74) is 7.38. The number of benzene rings is 1. The Kier molecular flexibility index (Phi) is 4.74. The number of fused-ring (bicyclic) bond motifs is 1. The minimum Gasteiger partial charge on any atom is -0.399 e. The Hall–Kier alpha value is -1.88. The van der Waals surface area contributed by atoms with Crippen molar-refractivity contribution in [2.45, 2.75) is 26.8 Å². The normalized spacial score (nSPS) is 12.8. The Balaban J connectivity index is 2.17. The summed E-state index contributed by atoms with van der Waals surface area (Å²) in [5.74, 6) is 0.870. The zero-order chi connectivity index (χ0) is 14.5. The van der Waals surface area contributed by atoms with Crippen LogP contribution < -0.4 is 11.1 Å². The number of nitrogens with one attached hydrogen (secondary N) is 1. The third-order valence-electron chi connectivity index (χ3n) is 3.47. The first-order valence-corrected chi connectivity index (χ1v) is 7.13. The second-order valence-corrected chi connectivity index (χ2v) is 5.03. The van der Waals surface area contributed by atoms with Crippen molar-refractivity contribution in [1.29, 1.82) is 0 Å². The molecule has 1 aromatic carbocycles. The number of nitrogens with two attached hydrogens (primary N) is 1. The fourth-order valence-corrected chi connectivity index (χ4v) is 2.34. The molecule has 2 rings (SSSR count). The monoisotopic (exact) mass is 273 g/mol. The molecular formula is C15H23N5. The average molecular weight is 273 g/mol. The second kappa shape index (κ2) is 6.52. The number of hydrogen-bond donors (Lipinski definition) is 2. The van der Waals surface area contributed by atoms with Gasteiger partial charge in [-0.1, -0.05) is 13.8 Å². The van der Waals surface area contributed by atoms with Gasteiger partial charge in [-0.3, -0.25) is 0 Å². The molecule has 0 radical (unpaired) electrons. The van der Waals surface area contributed by atoms with Gasteiger partial charge in [0.25, 0.3) is 0 Å². The predicted octanol–water partition coefficient (Wildman–Crippen LogP) is 2.35. The Morgan fingerprint density at radius 1 is 1.25 bits per heavy atom. The van der Waals surface area contributed by atoms with Crippen molar-refractivity contribution in [3.05, 3.63) is 24.5 Å². The second-order valence-electron chi connectivity index (χ2n) is 5.03. The van der Waals surface area contributed by atoms with E-state index in [4.69, 9.17) is 5.73 Å². The molecule has 0 spiro atoms. The molecule has 1 atom stereocenters. The van der Waals surface area contributed by atoms with Gasteiger partial charge >= 0.3 is 0 Å². The van der Waals surface area contributed by atoms with E-state index in [1.807, 2.05) is 18.2 Å². The van der Waals surface area contributed by atoms with E-state index < -0.39 is 0 Å². The summed E-state index contributed by atoms with van der Waals surface area (Å²) in [4.78, 5) is 11.0. The minimum atomic E-state index is 0.325. The summed E-state index contributed by atoms with van der Waals surface area (Å²) in [7, 11) is 0. The average Bonchev–Trinajstić information content (AvgIpc) is 2.44. The number of likely N-dealkylation sites (N-methyl/N-ethyl adjacent to an activating group) is 1. The third-order valence-corrected chi connectivity index (χ3v) is 3.47. The van der Waals surface area contributed by atoms with Crippen LogP contribution in [-0.2, 0) is 0 Å². The molecule has 5 nitrogen and oxygen atoms in total. The minimum absolute atomic E-state index is 0.325. The highest BCUT2D eigenvalue weighted by atomic mass is 15.1. The van der Waals surface area contributed by atoms with Crippen molar-refractivity contribution in [3.8, 4) is 0 Å². The van der Waals surface area contributed by atoms with Crippen LogP contribution >= 0.6 is 0 Å². The Morgan fingerprint density at radius 2 is 2.00 bits per heavy atom. The lowest BCUT2D eigenvalue weighted by Crippen LogP contribution is -2.35. The summed E-state index contributed by atoms with van der Waals surface area (Å²) >= 11 is 0. The first-order chi connectivity index (χ1) is 9.63. The summed E-state index contributed by atoms with van der Waals surface area (Å²) in [5, 5.41) is 4.48. The quantitative estimate of drug-likeness (QED) is 0.791. The number of aromatic nitrogens is 2. The van der Waals surface area contributed by atoms with Gasteiger partial charge in [0, 0.05) is 23.7 Å². The molecule has 3 N–H and O–H groups in total. The lowest BCUT2D eigenvalue weighted by Gasteiger charge is -2.24. The van der Waals surface area contributed by atoms with E-state index in [9.17, 15) is 0 Å². The molecule has 108 valence electrons. The molecule has 0 amide bonds. The Morgan fingerprint density at radius 3 is 2.70 bits per heavy atom. The first kappa shape index (κ1) is 14.5. The van der Waals surface area contributed by atoms with E-state index >= 15 is 0 Å². The molecular weight excluding hydrogens is 250 g/mol. The van der Waals surface area contributed by atoms with Crippen molar-refractivity contribution in [2.75, 3.05) is 30.7 Å². The lowest BCUT2D eigenvalue weighted by molar-refractivity contribution is 0.294. The maximum atomic E-state index is 5.79. The van der Waals surface area contributed by atoms with Crippen molar-refractivity contribution in [2.24, 2.45) is 0 Å². The van der Waals surface area contributed by atoms with Crippen LogP contribution in [0.4, 0.5) is 11.5 Å². The zero-order valence-corrected chi connectivity index (χ0v) is 12.4. The van der Waals surface area contributed by atoms with E-state index in [0.717, 1.165) is 42.0 Å². The summed E-state index contributed by atoms with van der Waals surface area (Å²) in [6.07, 6.45) is 1.58. The SMILES string of the molecule is CCN(CC)CC(C)Nc1ncnc2cc(N)ccc12. The molecule has 0 aliphatic heterocycles. The van der Waals surface area contributed by atoms with Gasteiger partial charge in [0.1, 0.15) is 12.1 Å². The van der Waals surface area contributed by atoms with Gasteiger partial charge in [0.2, 0.25) is 0 Å². The van der Waals surface area contributed by atoms with Crippen LogP contribution in [0.2, 0.25) is 0 Å². The summed E-state index contributed by atoms with van der Waals surface area (Å²) in [6, 6.07) is 6.05. The van der Waals surface area contributed by atoms with E-state index in [1.165, 1.54) is 0 Å². The van der Waals surface area contributed by atoms with Gasteiger partial charge in [-0.05, 0) is 38.2 Å².